The molecule has 2 nitrogen and oxygen atoms in total. The first-order chi connectivity index (χ1) is 11.8. The fraction of sp³-hybridized carbons (Fsp3) is 0.136. The van der Waals surface area contributed by atoms with Crippen LogP contribution in [0.1, 0.15) is 23.6 Å². The molecule has 0 spiro atoms. The first-order valence-electron chi connectivity index (χ1n) is 8.30. The Morgan fingerprint density at radius 3 is 1.96 bits per heavy atom. The van der Waals surface area contributed by atoms with E-state index in [4.69, 9.17) is 0 Å². The van der Waals surface area contributed by atoms with Crippen molar-refractivity contribution in [3.63, 3.8) is 0 Å². The Bertz CT molecular complexity index is 825. The molecule has 0 unspecified atom stereocenters. The lowest BCUT2D eigenvalue weighted by Crippen LogP contribution is -2.45. The maximum atomic E-state index is 12.0. The van der Waals surface area contributed by atoms with Crippen LogP contribution in [0.4, 0.5) is 0 Å². The zero-order chi connectivity index (χ0) is 16.4. The SMILES string of the molecule is O=C1C[C@H](c2ccccc2)N1Cc1ccc(-c2ccccc2)cc1. The highest BCUT2D eigenvalue weighted by Gasteiger charge is 2.36. The average molecular weight is 313 g/mol. The van der Waals surface area contributed by atoms with Gasteiger partial charge in [0, 0.05) is 6.54 Å². The largest absolute Gasteiger partial charge is 0.331 e. The summed E-state index contributed by atoms with van der Waals surface area (Å²) in [5, 5.41) is 0. The minimum absolute atomic E-state index is 0.215. The number of benzene rings is 3. The van der Waals surface area contributed by atoms with Crippen molar-refractivity contribution >= 4 is 5.91 Å². The number of hydrogen-bond donors (Lipinski definition) is 0. The van der Waals surface area contributed by atoms with E-state index in [1.54, 1.807) is 0 Å². The number of likely N-dealkylation sites (tertiary alicyclic amines) is 1. The molecule has 1 amide bonds. The van der Waals surface area contributed by atoms with Crippen molar-refractivity contribution in [2.24, 2.45) is 0 Å². The maximum Gasteiger partial charge on any atom is 0.225 e. The summed E-state index contributed by atoms with van der Waals surface area (Å²) < 4.78 is 0. The lowest BCUT2D eigenvalue weighted by Gasteiger charge is -2.41. The molecule has 1 aliphatic rings. The number of nitrogens with zero attached hydrogens (tertiary/aromatic N) is 1. The second-order valence-electron chi connectivity index (χ2n) is 6.22. The minimum Gasteiger partial charge on any atom is -0.331 e. The van der Waals surface area contributed by atoms with E-state index >= 15 is 0 Å². The van der Waals surface area contributed by atoms with Gasteiger partial charge >= 0.3 is 0 Å². The van der Waals surface area contributed by atoms with Crippen molar-refractivity contribution in [2.45, 2.75) is 19.0 Å². The molecular formula is C22H19NO. The molecule has 2 heteroatoms. The summed E-state index contributed by atoms with van der Waals surface area (Å²) in [6.45, 7) is 0.674. The highest BCUT2D eigenvalue weighted by molar-refractivity contribution is 5.83. The predicted octanol–water partition coefficient (Wildman–Crippen LogP) is 4.83. The molecule has 0 N–H and O–H groups in total. The number of rotatable bonds is 4. The molecule has 0 bridgehead atoms. The van der Waals surface area contributed by atoms with Crippen molar-refractivity contribution < 1.29 is 4.79 Å². The van der Waals surface area contributed by atoms with Crippen molar-refractivity contribution in [2.75, 3.05) is 0 Å². The van der Waals surface area contributed by atoms with Gasteiger partial charge in [-0.2, -0.15) is 0 Å². The molecule has 4 rings (SSSR count). The average Bonchev–Trinajstić information content (AvgIpc) is 2.66. The van der Waals surface area contributed by atoms with E-state index in [2.05, 4.69) is 48.5 Å². The van der Waals surface area contributed by atoms with Gasteiger partial charge in [-0.1, -0.05) is 84.9 Å². The lowest BCUT2D eigenvalue weighted by molar-refractivity contribution is -0.147. The monoisotopic (exact) mass is 313 g/mol. The van der Waals surface area contributed by atoms with Crippen LogP contribution in [0.5, 0.6) is 0 Å². The van der Waals surface area contributed by atoms with Crippen LogP contribution >= 0.6 is 0 Å². The summed E-state index contributed by atoms with van der Waals surface area (Å²) in [7, 11) is 0. The highest BCUT2D eigenvalue weighted by atomic mass is 16.2. The first-order valence-corrected chi connectivity index (χ1v) is 8.30. The third kappa shape index (κ3) is 2.83. The fourth-order valence-corrected chi connectivity index (χ4v) is 3.26. The molecule has 0 aromatic heterocycles. The zero-order valence-electron chi connectivity index (χ0n) is 13.4. The molecule has 0 aliphatic carbocycles. The first kappa shape index (κ1) is 14.7. The number of amides is 1. The minimum atomic E-state index is 0.215. The van der Waals surface area contributed by atoms with Crippen molar-refractivity contribution in [3.05, 3.63) is 96.1 Å². The molecule has 0 saturated carbocycles. The quantitative estimate of drug-likeness (QED) is 0.632. The second-order valence-corrected chi connectivity index (χ2v) is 6.22. The van der Waals surface area contributed by atoms with Crippen molar-refractivity contribution in [1.82, 2.24) is 4.90 Å². The lowest BCUT2D eigenvalue weighted by atomic mass is 9.93. The van der Waals surface area contributed by atoms with Gasteiger partial charge in [-0.25, -0.2) is 0 Å². The van der Waals surface area contributed by atoms with Gasteiger partial charge in [0.15, 0.2) is 0 Å². The number of carbonyl (C=O) groups excluding carboxylic acids is 1. The van der Waals surface area contributed by atoms with Crippen LogP contribution < -0.4 is 0 Å². The summed E-state index contributed by atoms with van der Waals surface area (Å²) in [6, 6.07) is 29.3. The molecule has 118 valence electrons. The van der Waals surface area contributed by atoms with Crippen molar-refractivity contribution in [1.29, 1.82) is 0 Å². The predicted molar refractivity (Wildman–Crippen MR) is 96.2 cm³/mol. The van der Waals surface area contributed by atoms with Crippen LogP contribution in [0.3, 0.4) is 0 Å². The number of β-lactam (4-membered cyclic amide) rings is 1. The van der Waals surface area contributed by atoms with Crippen LogP contribution in [0.15, 0.2) is 84.9 Å². The van der Waals surface area contributed by atoms with Gasteiger partial charge in [-0.3, -0.25) is 4.79 Å². The third-order valence-corrected chi connectivity index (χ3v) is 4.66. The molecular weight excluding hydrogens is 294 g/mol. The van der Waals surface area contributed by atoms with Crippen LogP contribution in [0, 0.1) is 0 Å². The molecule has 3 aromatic carbocycles. The Labute approximate surface area is 142 Å². The van der Waals surface area contributed by atoms with Gasteiger partial charge in [0.2, 0.25) is 5.91 Å². The van der Waals surface area contributed by atoms with Gasteiger partial charge in [-0.15, -0.1) is 0 Å². The zero-order valence-corrected chi connectivity index (χ0v) is 13.4. The van der Waals surface area contributed by atoms with E-state index in [1.807, 2.05) is 41.3 Å². The molecule has 1 saturated heterocycles. The molecule has 24 heavy (non-hydrogen) atoms. The smallest absolute Gasteiger partial charge is 0.225 e. The summed E-state index contributed by atoms with van der Waals surface area (Å²) in [5.74, 6) is 0.232. The molecule has 0 radical (unpaired) electrons. The van der Waals surface area contributed by atoms with E-state index in [0.717, 1.165) is 0 Å². The number of hydrogen-bond acceptors (Lipinski definition) is 1. The third-order valence-electron chi connectivity index (χ3n) is 4.66. The van der Waals surface area contributed by atoms with Gasteiger partial charge in [0.25, 0.3) is 0 Å². The Hall–Kier alpha value is -2.87. The molecule has 1 atom stereocenters. The van der Waals surface area contributed by atoms with Gasteiger partial charge < -0.3 is 4.90 Å². The van der Waals surface area contributed by atoms with Crippen LogP contribution in [0.25, 0.3) is 11.1 Å². The normalized spacial score (nSPS) is 16.8. The van der Waals surface area contributed by atoms with Crippen LogP contribution in [-0.2, 0) is 11.3 Å². The van der Waals surface area contributed by atoms with Gasteiger partial charge in [-0.05, 0) is 22.3 Å². The summed E-state index contributed by atoms with van der Waals surface area (Å²) in [6.07, 6.45) is 0.617. The topological polar surface area (TPSA) is 20.3 Å². The maximum absolute atomic E-state index is 12.0. The van der Waals surface area contributed by atoms with E-state index < -0.39 is 0 Å². The molecule has 1 fully saturated rings. The molecule has 1 heterocycles. The highest BCUT2D eigenvalue weighted by Crippen LogP contribution is 2.35. The Kier molecular flexibility index (Phi) is 3.87. The number of carbonyl (C=O) groups is 1. The molecule has 3 aromatic rings. The molecule has 1 aliphatic heterocycles. The standard InChI is InChI=1S/C22H19NO/c24-22-15-21(20-9-5-2-6-10-20)23(22)16-17-11-13-19(14-12-17)18-7-3-1-4-8-18/h1-14,21H,15-16H2/t21-/m1/s1. The van der Waals surface area contributed by atoms with Crippen LogP contribution in [-0.4, -0.2) is 10.8 Å². The van der Waals surface area contributed by atoms with E-state index in [0.29, 0.717) is 13.0 Å². The van der Waals surface area contributed by atoms with Gasteiger partial charge in [0.05, 0.1) is 12.5 Å². The Morgan fingerprint density at radius 2 is 1.33 bits per heavy atom. The van der Waals surface area contributed by atoms with Crippen LogP contribution in [0.2, 0.25) is 0 Å². The van der Waals surface area contributed by atoms with E-state index in [1.165, 1.54) is 22.3 Å². The van der Waals surface area contributed by atoms with E-state index in [-0.39, 0.29) is 11.9 Å². The summed E-state index contributed by atoms with van der Waals surface area (Å²) in [4.78, 5) is 14.0. The Morgan fingerprint density at radius 1 is 0.750 bits per heavy atom. The summed E-state index contributed by atoms with van der Waals surface area (Å²) in [5.41, 5.74) is 4.81. The van der Waals surface area contributed by atoms with E-state index in [9.17, 15) is 4.79 Å². The van der Waals surface area contributed by atoms with Gasteiger partial charge in [0.1, 0.15) is 0 Å². The van der Waals surface area contributed by atoms with Crippen molar-refractivity contribution in [3.8, 4) is 11.1 Å². The second kappa shape index (κ2) is 6.32. The summed E-state index contributed by atoms with van der Waals surface area (Å²) >= 11 is 0. The Balaban J connectivity index is 1.50. The fourth-order valence-electron chi connectivity index (χ4n) is 3.26.